The van der Waals surface area contributed by atoms with Gasteiger partial charge in [0.2, 0.25) is 82.7 Å². The second kappa shape index (κ2) is 45.4. The number of rotatable bonds is 36. The molecule has 0 aromatic rings. The first kappa shape index (κ1) is 98.2. The quantitative estimate of drug-likeness (QED) is 0.0259. The molecule has 40 nitrogen and oxygen atoms in total. The first-order valence-corrected chi connectivity index (χ1v) is 36.4. The molecule has 26 N–H and O–H groups in total. The van der Waals surface area contributed by atoms with Crippen LogP contribution in [0.4, 0.5) is 0 Å². The molecule has 1 aliphatic heterocycles. The summed E-state index contributed by atoms with van der Waals surface area (Å²) in [5.41, 5.74) is 32.0. The zero-order chi connectivity index (χ0) is 84.3. The maximum absolute atomic E-state index is 15.2. The number of methoxy groups -OCH3 is 1. The van der Waals surface area contributed by atoms with Gasteiger partial charge in [-0.05, 0) is 102 Å². The van der Waals surface area contributed by atoms with Gasteiger partial charge in [0.05, 0.1) is 36.2 Å². The van der Waals surface area contributed by atoms with E-state index in [-0.39, 0.29) is 44.1 Å². The first-order valence-electron chi connectivity index (χ1n) is 36.4. The van der Waals surface area contributed by atoms with Gasteiger partial charge < -0.3 is 127 Å². The van der Waals surface area contributed by atoms with E-state index in [9.17, 15) is 92.7 Å². The molecule has 1 rings (SSSR count). The van der Waals surface area contributed by atoms with E-state index in [2.05, 4.69) is 47.9 Å². The van der Waals surface area contributed by atoms with Crippen LogP contribution in [0, 0.1) is 41.4 Å². The molecule has 0 aromatic carbocycles. The summed E-state index contributed by atoms with van der Waals surface area (Å²) in [7, 11) is 2.99. The van der Waals surface area contributed by atoms with Gasteiger partial charge in [-0.2, -0.15) is 0 Å². The molecule has 13 unspecified atom stereocenters. The monoisotopic (exact) mass is 1560 g/mol. The minimum Gasteiger partial charge on any atom is -0.458 e. The van der Waals surface area contributed by atoms with Gasteiger partial charge in [-0.3, -0.25) is 71.9 Å². The number of hydrogen-bond donors (Lipinski definition) is 20. The number of aliphatic hydroxyl groups is 5. The van der Waals surface area contributed by atoms with Gasteiger partial charge in [0.25, 0.3) is 5.91 Å². The lowest BCUT2D eigenvalue weighted by Gasteiger charge is -2.37. The van der Waals surface area contributed by atoms with Gasteiger partial charge in [-0.25, -0.2) is 4.79 Å². The molecule has 0 spiro atoms. The molecule has 0 radical (unpaired) electrons. The summed E-state index contributed by atoms with van der Waals surface area (Å²) in [4.78, 5) is 228. The van der Waals surface area contributed by atoms with E-state index >= 15 is 9.59 Å². The number of primary amides is 4. The van der Waals surface area contributed by atoms with Crippen LogP contribution in [0.5, 0.6) is 0 Å². The fourth-order valence-electron chi connectivity index (χ4n) is 12.1. The van der Waals surface area contributed by atoms with Crippen LogP contribution >= 0.6 is 0 Å². The van der Waals surface area contributed by atoms with Crippen molar-refractivity contribution in [2.75, 3.05) is 34.3 Å². The van der Waals surface area contributed by atoms with E-state index in [1.54, 1.807) is 34.6 Å². The molecule has 1 heterocycles. The fourth-order valence-corrected chi connectivity index (χ4v) is 12.1. The van der Waals surface area contributed by atoms with Crippen LogP contribution in [0.2, 0.25) is 0 Å². The van der Waals surface area contributed by atoms with Gasteiger partial charge in [0.15, 0.2) is 12.2 Å². The van der Waals surface area contributed by atoms with E-state index in [0.717, 1.165) is 60.2 Å². The zero-order valence-electron chi connectivity index (χ0n) is 65.6. The van der Waals surface area contributed by atoms with Crippen LogP contribution < -0.4 is 82.3 Å². The van der Waals surface area contributed by atoms with E-state index in [0.29, 0.717) is 11.3 Å². The Labute approximate surface area is 635 Å². The number of nitrogens with zero attached hydrogens (tertiary/aromatic N) is 2. The first-order chi connectivity index (χ1) is 50.4. The maximum atomic E-state index is 15.2. The summed E-state index contributed by atoms with van der Waals surface area (Å²) < 4.78 is 11.1. The van der Waals surface area contributed by atoms with E-state index in [1.165, 1.54) is 20.8 Å². The summed E-state index contributed by atoms with van der Waals surface area (Å²) in [6.07, 6.45) is -14.3. The van der Waals surface area contributed by atoms with Gasteiger partial charge >= 0.3 is 5.97 Å². The predicted molar refractivity (Wildman–Crippen MR) is 390 cm³/mol. The maximum Gasteiger partial charge on any atom is 0.329 e. The van der Waals surface area contributed by atoms with Gasteiger partial charge in [-0.15, -0.1) is 0 Å². The highest BCUT2D eigenvalue weighted by molar-refractivity contribution is 6.01. The number of aliphatic hydroxyl groups excluding tert-OH is 4. The molecule has 109 heavy (non-hydrogen) atoms. The molecule has 15 amide bonds. The van der Waals surface area contributed by atoms with Crippen molar-refractivity contribution in [1.29, 1.82) is 0 Å². The second-order valence-electron chi connectivity index (χ2n) is 29.8. The van der Waals surface area contributed by atoms with Crippen LogP contribution in [0.1, 0.15) is 155 Å². The molecular weight excluding hydrogens is 1430 g/mol. The summed E-state index contributed by atoms with van der Waals surface area (Å²) >= 11 is 0. The van der Waals surface area contributed by atoms with Crippen molar-refractivity contribution in [1.82, 2.24) is 57.7 Å². The van der Waals surface area contributed by atoms with Gasteiger partial charge in [0, 0.05) is 40.1 Å². The fraction of sp³-hybridized carbons (Fsp3) is 0.768. The molecule has 40 heteroatoms. The normalized spacial score (nSPS) is 24.4. The number of likely N-dealkylation sites (N-methyl/N-ethyl adjacent to an activating group) is 2. The number of cyclic esters (lactones) is 1. The second-order valence-corrected chi connectivity index (χ2v) is 29.8. The van der Waals surface area contributed by atoms with Crippen molar-refractivity contribution in [3.63, 3.8) is 0 Å². The van der Waals surface area contributed by atoms with E-state index < -0.39 is 259 Å². The van der Waals surface area contributed by atoms with Crippen molar-refractivity contribution in [3.05, 3.63) is 0 Å². The summed E-state index contributed by atoms with van der Waals surface area (Å²) in [5, 5.41) is 78.1. The van der Waals surface area contributed by atoms with Crippen molar-refractivity contribution in [2.24, 2.45) is 75.8 Å². The Hall–Kier alpha value is -8.80. The summed E-state index contributed by atoms with van der Waals surface area (Å²) in [5.74, 6) is -25.4. The number of carbonyl (C=O) groups is 16. The molecule has 1 fully saturated rings. The average molecular weight is 1560 g/mol. The molecule has 0 aliphatic carbocycles. The van der Waals surface area contributed by atoms with Crippen molar-refractivity contribution in [2.45, 2.75) is 263 Å². The molecule has 0 aromatic heterocycles. The molecule has 22 atom stereocenters. The molecule has 0 saturated carbocycles. The number of nitrogens with one attached hydrogen (secondary N) is 9. The lowest BCUT2D eigenvalue weighted by atomic mass is 9.85. The highest BCUT2D eigenvalue weighted by Gasteiger charge is 2.47. The number of carbonyl (C=O) groups excluding carboxylic acids is 16. The molecular formula is C69H123N17O23. The predicted octanol–water partition coefficient (Wildman–Crippen LogP) is -7.92. The smallest absolute Gasteiger partial charge is 0.329 e. The van der Waals surface area contributed by atoms with Crippen LogP contribution in [0.3, 0.4) is 0 Å². The third-order valence-electron chi connectivity index (χ3n) is 19.3. The third kappa shape index (κ3) is 30.2. The number of amides is 15. The highest BCUT2D eigenvalue weighted by atomic mass is 16.5. The Morgan fingerprint density at radius 3 is 1.62 bits per heavy atom. The zero-order valence-corrected chi connectivity index (χ0v) is 65.6. The van der Waals surface area contributed by atoms with Gasteiger partial charge in [0.1, 0.15) is 72.6 Å². The van der Waals surface area contributed by atoms with Crippen molar-refractivity contribution < 1.29 is 112 Å². The Balaban J connectivity index is 4.50. The largest absolute Gasteiger partial charge is 0.458 e. The average Bonchev–Trinajstić information content (AvgIpc) is 1.04. The minimum atomic E-state index is -2.75. The minimum absolute atomic E-state index is 0.0123. The standard InChI is InChI=1S/C69H123N17O23/c1-18-31(6)26-32(7)50(90)35(10)57(95)79-41(28-71)59(97)84-54(69(13,14)107)51(91)52(92)65(103)80-46(33(8)34(9)55(74)93)61(99)82-48-37(12)109-68(106)43(25-30(4)5)86(16)67(105)40(27-45(73)89)78-64(102)49(53(108-17)56(75)94)83-60(98)42(21-22-44(72)88)85(15)66(104)39(24-29(2)3)77-58(96)38(20-19-23-70)76-62(100)47(36(11)87)81-63(48)101/h29-43,46-54,87,90-92,107H,18-28,70-71H2,1-17H3,(H2,72,88)(H2,73,89)(H2,74,93)(H2,75,94)(H,76,100)(H,77,96)(H,78,102)(H,79,95)(H,80,103)(H,81,101)(H,82,99)(H,83,98)(H,84,97)/t31?,32?,33?,34?,35?,36-,37-,38?,39+,40-,41-,42+,43+,46?,47-,48-,49?,50?,51?,52?,53?,54?/m1/s1. The Kier molecular flexibility index (Phi) is 40.9. The Bertz CT molecular complexity index is 3160. The topological polar surface area (TPSA) is 664 Å². The van der Waals surface area contributed by atoms with Crippen molar-refractivity contribution in [3.8, 4) is 0 Å². The third-order valence-corrected chi connectivity index (χ3v) is 19.3. The lowest BCUT2D eigenvalue weighted by Crippen LogP contribution is -2.66. The lowest BCUT2D eigenvalue weighted by molar-refractivity contribution is -0.162. The number of nitrogens with two attached hydrogens (primary N) is 6. The van der Waals surface area contributed by atoms with Crippen LogP contribution in [0.15, 0.2) is 0 Å². The van der Waals surface area contributed by atoms with E-state index in [1.807, 2.05) is 13.8 Å². The molecule has 0 bridgehead atoms. The Morgan fingerprint density at radius 1 is 0.606 bits per heavy atom. The Morgan fingerprint density at radius 2 is 1.14 bits per heavy atom. The summed E-state index contributed by atoms with van der Waals surface area (Å²) in [6.45, 7) is 19.4. The van der Waals surface area contributed by atoms with E-state index in [4.69, 9.17) is 43.9 Å². The van der Waals surface area contributed by atoms with Crippen LogP contribution in [-0.2, 0) is 86.2 Å². The van der Waals surface area contributed by atoms with Gasteiger partial charge in [-0.1, -0.05) is 75.7 Å². The van der Waals surface area contributed by atoms with Crippen molar-refractivity contribution >= 4 is 94.6 Å². The van der Waals surface area contributed by atoms with Crippen LogP contribution in [0.25, 0.3) is 0 Å². The molecule has 1 saturated heterocycles. The van der Waals surface area contributed by atoms with Crippen LogP contribution in [-0.4, -0.2) is 273 Å². The number of hydrogen-bond acceptors (Lipinski definition) is 25. The SMILES string of the molecule is CCC(C)CC(C)C(O)C(C)C(=O)N[C@H](CN)C(=O)NC(C(O)C(O)C(=O)NC(C(=O)N[C@H]1C(=O)N[C@H]([C@@H](C)O)C(=O)NC(CCCN)C(=O)N[C@@H](CC(C)C)C(=O)N(C)[C@@H](CCC(N)=O)C(=O)NC(C(OC)C(N)=O)C(=O)N[C@H](CC(N)=O)C(=O)N(C)[C@@H](CC(C)C)C(=O)O[C@@H]1C)C(C)C(C)C(N)=O)C(C)(C)O. The molecule has 622 valence electrons. The molecule has 1 aliphatic rings. The number of ether oxygens (including phenoxy) is 2. The highest BCUT2D eigenvalue weighted by Crippen LogP contribution is 2.25. The summed E-state index contributed by atoms with van der Waals surface area (Å²) in [6, 6.07) is -21.6. The number of esters is 1.